The Kier molecular flexibility index (Phi) is 5.40. The van der Waals surface area contributed by atoms with E-state index in [1.165, 1.54) is 16.7 Å². The summed E-state index contributed by atoms with van der Waals surface area (Å²) in [6, 6.07) is 17.4. The van der Waals surface area contributed by atoms with Crippen LogP contribution in [0, 0.1) is 0 Å². The predicted molar refractivity (Wildman–Crippen MR) is 89.0 cm³/mol. The normalized spacial score (nSPS) is 12.4. The summed E-state index contributed by atoms with van der Waals surface area (Å²) < 4.78 is 5.45. The first-order valence-corrected chi connectivity index (χ1v) is 7.54. The van der Waals surface area contributed by atoms with E-state index >= 15 is 0 Å². The quantitative estimate of drug-likeness (QED) is 0.852. The lowest BCUT2D eigenvalue weighted by molar-refractivity contribution is 0.406. The Bertz CT molecular complexity index is 560. The van der Waals surface area contributed by atoms with Gasteiger partial charge >= 0.3 is 0 Å². The van der Waals surface area contributed by atoms with E-state index in [2.05, 4.69) is 55.6 Å². The Labute approximate surface area is 128 Å². The lowest BCUT2D eigenvalue weighted by Gasteiger charge is -2.19. The number of nitrogens with one attached hydrogen (secondary N) is 1. The zero-order valence-corrected chi connectivity index (χ0v) is 13.4. The molecule has 0 aliphatic carbocycles. The zero-order chi connectivity index (χ0) is 15.2. The standard InChI is InChI=1S/C19H25NO/c1-14(2)15-9-11-16(12-10-15)18(20-3)13-17-7-5-6-8-19(17)21-4/h5-12,14,18,20H,13H2,1-4H3. The van der Waals surface area contributed by atoms with Crippen molar-refractivity contribution < 1.29 is 4.74 Å². The smallest absolute Gasteiger partial charge is 0.122 e. The van der Waals surface area contributed by atoms with Gasteiger partial charge in [-0.25, -0.2) is 0 Å². The average Bonchev–Trinajstić information content (AvgIpc) is 2.53. The summed E-state index contributed by atoms with van der Waals surface area (Å²) in [5.74, 6) is 1.53. The van der Waals surface area contributed by atoms with Gasteiger partial charge in [0.05, 0.1) is 7.11 Å². The summed E-state index contributed by atoms with van der Waals surface area (Å²) in [5.41, 5.74) is 3.92. The molecule has 0 saturated carbocycles. The molecule has 0 radical (unpaired) electrons. The highest BCUT2D eigenvalue weighted by Crippen LogP contribution is 2.25. The van der Waals surface area contributed by atoms with Crippen LogP contribution in [0.4, 0.5) is 0 Å². The molecule has 0 saturated heterocycles. The Morgan fingerprint density at radius 2 is 1.57 bits per heavy atom. The SMILES string of the molecule is CNC(Cc1ccccc1OC)c1ccc(C(C)C)cc1. The minimum Gasteiger partial charge on any atom is -0.496 e. The second-order valence-corrected chi connectivity index (χ2v) is 5.68. The van der Waals surface area contributed by atoms with Crippen LogP contribution in [0.5, 0.6) is 5.75 Å². The maximum absolute atomic E-state index is 5.45. The van der Waals surface area contributed by atoms with Crippen LogP contribution in [-0.2, 0) is 6.42 Å². The summed E-state index contributed by atoms with van der Waals surface area (Å²) in [4.78, 5) is 0. The lowest BCUT2D eigenvalue weighted by atomic mass is 9.95. The third-order valence-electron chi connectivity index (χ3n) is 3.97. The first kappa shape index (κ1) is 15.6. The monoisotopic (exact) mass is 283 g/mol. The third kappa shape index (κ3) is 3.85. The van der Waals surface area contributed by atoms with Crippen LogP contribution in [0.3, 0.4) is 0 Å². The number of ether oxygens (including phenoxy) is 1. The number of hydrogen-bond donors (Lipinski definition) is 1. The van der Waals surface area contributed by atoms with E-state index in [1.54, 1.807) is 7.11 Å². The van der Waals surface area contributed by atoms with E-state index in [1.807, 2.05) is 19.2 Å². The second kappa shape index (κ2) is 7.28. The molecule has 2 rings (SSSR count). The van der Waals surface area contributed by atoms with E-state index in [0.717, 1.165) is 12.2 Å². The molecule has 21 heavy (non-hydrogen) atoms. The molecule has 2 heteroatoms. The van der Waals surface area contributed by atoms with E-state index in [-0.39, 0.29) is 0 Å². The van der Waals surface area contributed by atoms with Gasteiger partial charge in [0, 0.05) is 6.04 Å². The number of hydrogen-bond acceptors (Lipinski definition) is 2. The van der Waals surface area contributed by atoms with Crippen LogP contribution in [0.15, 0.2) is 48.5 Å². The van der Waals surface area contributed by atoms with Crippen molar-refractivity contribution in [1.82, 2.24) is 5.32 Å². The Morgan fingerprint density at radius 1 is 0.952 bits per heavy atom. The summed E-state index contributed by atoms with van der Waals surface area (Å²) >= 11 is 0. The molecule has 2 nitrogen and oxygen atoms in total. The molecule has 2 aromatic rings. The highest BCUT2D eigenvalue weighted by Gasteiger charge is 2.13. The molecule has 0 amide bonds. The highest BCUT2D eigenvalue weighted by molar-refractivity contribution is 5.36. The molecule has 0 fully saturated rings. The topological polar surface area (TPSA) is 21.3 Å². The lowest BCUT2D eigenvalue weighted by Crippen LogP contribution is -2.19. The minimum absolute atomic E-state index is 0.294. The fourth-order valence-corrected chi connectivity index (χ4v) is 2.59. The van der Waals surface area contributed by atoms with Gasteiger partial charge in [0.2, 0.25) is 0 Å². The first-order valence-electron chi connectivity index (χ1n) is 7.54. The van der Waals surface area contributed by atoms with Crippen molar-refractivity contribution in [3.63, 3.8) is 0 Å². The summed E-state index contributed by atoms with van der Waals surface area (Å²) in [6.07, 6.45) is 0.918. The van der Waals surface area contributed by atoms with Crippen LogP contribution in [0.25, 0.3) is 0 Å². The molecular weight excluding hydrogens is 258 g/mol. The van der Waals surface area contributed by atoms with Crippen LogP contribution in [0.1, 0.15) is 42.5 Å². The zero-order valence-electron chi connectivity index (χ0n) is 13.4. The van der Waals surface area contributed by atoms with Gasteiger partial charge in [0.1, 0.15) is 5.75 Å². The van der Waals surface area contributed by atoms with Crippen molar-refractivity contribution in [2.45, 2.75) is 32.2 Å². The van der Waals surface area contributed by atoms with Crippen LogP contribution < -0.4 is 10.1 Å². The number of likely N-dealkylation sites (N-methyl/N-ethyl adjacent to an activating group) is 1. The molecule has 2 aromatic carbocycles. The fourth-order valence-electron chi connectivity index (χ4n) is 2.59. The number of methoxy groups -OCH3 is 1. The van der Waals surface area contributed by atoms with E-state index < -0.39 is 0 Å². The van der Waals surface area contributed by atoms with E-state index in [9.17, 15) is 0 Å². The molecule has 1 atom stereocenters. The van der Waals surface area contributed by atoms with Crippen molar-refractivity contribution in [1.29, 1.82) is 0 Å². The van der Waals surface area contributed by atoms with E-state index in [4.69, 9.17) is 4.74 Å². The summed E-state index contributed by atoms with van der Waals surface area (Å²) in [7, 11) is 3.74. The predicted octanol–water partition coefficient (Wildman–Crippen LogP) is 4.32. The largest absolute Gasteiger partial charge is 0.496 e. The van der Waals surface area contributed by atoms with Gasteiger partial charge in [-0.05, 0) is 42.1 Å². The molecule has 112 valence electrons. The van der Waals surface area contributed by atoms with Gasteiger partial charge < -0.3 is 10.1 Å². The molecule has 0 aliphatic heterocycles. The molecule has 0 heterocycles. The number of benzene rings is 2. The Hall–Kier alpha value is -1.80. The molecule has 0 bridgehead atoms. The van der Waals surface area contributed by atoms with Crippen LogP contribution >= 0.6 is 0 Å². The van der Waals surface area contributed by atoms with Crippen molar-refractivity contribution in [3.8, 4) is 5.75 Å². The molecule has 1 unspecified atom stereocenters. The van der Waals surface area contributed by atoms with Gasteiger partial charge in [-0.3, -0.25) is 0 Å². The van der Waals surface area contributed by atoms with Crippen molar-refractivity contribution >= 4 is 0 Å². The highest BCUT2D eigenvalue weighted by atomic mass is 16.5. The van der Waals surface area contributed by atoms with Gasteiger partial charge in [-0.1, -0.05) is 56.3 Å². The minimum atomic E-state index is 0.294. The number of para-hydroxylation sites is 1. The maximum atomic E-state index is 5.45. The molecule has 0 spiro atoms. The summed E-state index contributed by atoms with van der Waals surface area (Å²) in [6.45, 7) is 4.44. The van der Waals surface area contributed by atoms with Gasteiger partial charge in [-0.15, -0.1) is 0 Å². The maximum Gasteiger partial charge on any atom is 0.122 e. The Balaban J connectivity index is 2.19. The third-order valence-corrected chi connectivity index (χ3v) is 3.97. The van der Waals surface area contributed by atoms with Crippen LogP contribution in [0.2, 0.25) is 0 Å². The van der Waals surface area contributed by atoms with Crippen LogP contribution in [-0.4, -0.2) is 14.2 Å². The first-order chi connectivity index (χ1) is 10.2. The molecule has 0 aliphatic rings. The van der Waals surface area contributed by atoms with E-state index in [0.29, 0.717) is 12.0 Å². The van der Waals surface area contributed by atoms with Crippen molar-refractivity contribution in [3.05, 3.63) is 65.2 Å². The average molecular weight is 283 g/mol. The van der Waals surface area contributed by atoms with Gasteiger partial charge in [0.25, 0.3) is 0 Å². The fraction of sp³-hybridized carbons (Fsp3) is 0.368. The van der Waals surface area contributed by atoms with Gasteiger partial charge in [0.15, 0.2) is 0 Å². The molecule has 1 N–H and O–H groups in total. The molecular formula is C19H25NO. The van der Waals surface area contributed by atoms with Crippen molar-refractivity contribution in [2.24, 2.45) is 0 Å². The summed E-state index contributed by atoms with van der Waals surface area (Å²) in [5, 5.41) is 3.41. The Morgan fingerprint density at radius 3 is 2.14 bits per heavy atom. The molecule has 0 aromatic heterocycles. The number of rotatable bonds is 6. The second-order valence-electron chi connectivity index (χ2n) is 5.68. The van der Waals surface area contributed by atoms with Gasteiger partial charge in [-0.2, -0.15) is 0 Å². The van der Waals surface area contributed by atoms with Crippen molar-refractivity contribution in [2.75, 3.05) is 14.2 Å².